The van der Waals surface area contributed by atoms with Gasteiger partial charge in [0.15, 0.2) is 11.0 Å². The average Bonchev–Trinajstić information content (AvgIpc) is 3.18. The third kappa shape index (κ3) is 5.82. The van der Waals surface area contributed by atoms with Crippen LogP contribution in [0.25, 0.3) is 17.1 Å². The van der Waals surface area contributed by atoms with Crippen LogP contribution in [0.4, 0.5) is 0 Å². The lowest BCUT2D eigenvalue weighted by atomic mass is 10.1. The van der Waals surface area contributed by atoms with Crippen LogP contribution in [0.2, 0.25) is 10.0 Å². The Kier molecular flexibility index (Phi) is 8.41. The molecule has 0 saturated carbocycles. The van der Waals surface area contributed by atoms with Crippen LogP contribution in [0.15, 0.2) is 47.6 Å². The molecule has 0 aliphatic heterocycles. The van der Waals surface area contributed by atoms with E-state index in [0.29, 0.717) is 16.5 Å². The van der Waals surface area contributed by atoms with Crippen LogP contribution in [0, 0.1) is 6.92 Å². The van der Waals surface area contributed by atoms with Crippen molar-refractivity contribution in [1.29, 1.82) is 0 Å². The number of rotatable bonds is 9. The van der Waals surface area contributed by atoms with Gasteiger partial charge in [0.1, 0.15) is 0 Å². The van der Waals surface area contributed by atoms with Gasteiger partial charge in [-0.3, -0.25) is 9.36 Å². The first kappa shape index (κ1) is 23.6. The summed E-state index contributed by atoms with van der Waals surface area (Å²) in [5.41, 5.74) is 2.99. The van der Waals surface area contributed by atoms with Crippen molar-refractivity contribution in [3.63, 3.8) is 0 Å². The number of halogens is 2. The molecule has 2 aromatic carbocycles. The zero-order chi connectivity index (χ0) is 22.4. The number of hydrogen-bond donors (Lipinski definition) is 0. The maximum Gasteiger partial charge on any atom is 0.222 e. The molecule has 5 nitrogen and oxygen atoms in total. The van der Waals surface area contributed by atoms with Gasteiger partial charge < -0.3 is 4.90 Å². The number of thioether (sulfide) groups is 1. The molecule has 3 aromatic rings. The van der Waals surface area contributed by atoms with E-state index in [2.05, 4.69) is 22.3 Å². The number of amides is 1. The SMILES string of the molecule is CCN(CC)C(=O)CCCSc1nnc(-c2ccc(C)cc2)n1-c1ccc(Cl)c(Cl)c1. The van der Waals surface area contributed by atoms with Crippen LogP contribution >= 0.6 is 35.0 Å². The van der Waals surface area contributed by atoms with Gasteiger partial charge in [-0.2, -0.15) is 0 Å². The summed E-state index contributed by atoms with van der Waals surface area (Å²) in [6.07, 6.45) is 1.30. The molecule has 1 aromatic heterocycles. The summed E-state index contributed by atoms with van der Waals surface area (Å²) in [7, 11) is 0. The molecule has 0 radical (unpaired) electrons. The van der Waals surface area contributed by atoms with E-state index in [9.17, 15) is 4.79 Å². The molecular weight excluding hydrogens is 451 g/mol. The maximum atomic E-state index is 12.2. The Labute approximate surface area is 197 Å². The van der Waals surface area contributed by atoms with Crippen LogP contribution in [0.5, 0.6) is 0 Å². The number of aryl methyl sites for hydroxylation is 1. The lowest BCUT2D eigenvalue weighted by Crippen LogP contribution is -2.30. The Morgan fingerprint density at radius 1 is 1.03 bits per heavy atom. The minimum Gasteiger partial charge on any atom is -0.343 e. The molecule has 3 rings (SSSR count). The molecule has 164 valence electrons. The van der Waals surface area contributed by atoms with Crippen molar-refractivity contribution in [3.8, 4) is 17.1 Å². The van der Waals surface area contributed by atoms with E-state index < -0.39 is 0 Å². The zero-order valence-corrected chi connectivity index (χ0v) is 20.3. The van der Waals surface area contributed by atoms with E-state index in [0.717, 1.165) is 47.5 Å². The number of hydrogen-bond acceptors (Lipinski definition) is 4. The molecule has 0 N–H and O–H groups in total. The summed E-state index contributed by atoms with van der Waals surface area (Å²) in [4.78, 5) is 14.1. The summed E-state index contributed by atoms with van der Waals surface area (Å²) < 4.78 is 1.99. The van der Waals surface area contributed by atoms with Crippen LogP contribution in [0.3, 0.4) is 0 Å². The molecular formula is C23H26Cl2N4OS. The standard InChI is InChI=1S/C23H26Cl2N4OS/c1-4-28(5-2)21(30)7-6-14-31-23-27-26-22(17-10-8-16(3)9-11-17)29(23)18-12-13-19(24)20(25)15-18/h8-13,15H,4-7,14H2,1-3H3. The van der Waals surface area contributed by atoms with E-state index in [1.807, 2.05) is 54.5 Å². The number of carbonyl (C=O) groups is 1. The quantitative estimate of drug-likeness (QED) is 0.269. The van der Waals surface area contributed by atoms with Crippen LogP contribution in [0.1, 0.15) is 32.3 Å². The molecule has 1 amide bonds. The Morgan fingerprint density at radius 2 is 1.74 bits per heavy atom. The van der Waals surface area contributed by atoms with Gasteiger partial charge >= 0.3 is 0 Å². The average molecular weight is 477 g/mol. The van der Waals surface area contributed by atoms with Crippen molar-refractivity contribution in [1.82, 2.24) is 19.7 Å². The molecule has 0 saturated heterocycles. The van der Waals surface area contributed by atoms with Gasteiger partial charge in [0.25, 0.3) is 0 Å². The molecule has 0 unspecified atom stereocenters. The van der Waals surface area contributed by atoms with Gasteiger partial charge in [-0.15, -0.1) is 10.2 Å². The highest BCUT2D eigenvalue weighted by Gasteiger charge is 2.17. The van der Waals surface area contributed by atoms with Crippen molar-refractivity contribution >= 4 is 40.9 Å². The number of benzene rings is 2. The van der Waals surface area contributed by atoms with E-state index in [-0.39, 0.29) is 5.91 Å². The fourth-order valence-electron chi connectivity index (χ4n) is 3.23. The highest BCUT2D eigenvalue weighted by atomic mass is 35.5. The fourth-order valence-corrected chi connectivity index (χ4v) is 4.41. The van der Waals surface area contributed by atoms with E-state index in [1.165, 1.54) is 5.56 Å². The van der Waals surface area contributed by atoms with Crippen LogP contribution in [-0.2, 0) is 4.79 Å². The second kappa shape index (κ2) is 11.0. The maximum absolute atomic E-state index is 12.2. The van der Waals surface area contributed by atoms with E-state index in [1.54, 1.807) is 17.8 Å². The third-order valence-corrected chi connectivity index (χ3v) is 6.74. The van der Waals surface area contributed by atoms with Crippen molar-refractivity contribution < 1.29 is 4.79 Å². The largest absolute Gasteiger partial charge is 0.343 e. The smallest absolute Gasteiger partial charge is 0.222 e. The second-order valence-corrected chi connectivity index (χ2v) is 9.00. The van der Waals surface area contributed by atoms with Crippen molar-refractivity contribution in [3.05, 3.63) is 58.1 Å². The first-order valence-electron chi connectivity index (χ1n) is 10.3. The lowest BCUT2D eigenvalue weighted by Gasteiger charge is -2.18. The predicted octanol–water partition coefficient (Wildman–Crippen LogP) is 6.29. The monoisotopic (exact) mass is 476 g/mol. The molecule has 0 bridgehead atoms. The number of nitrogens with zero attached hydrogens (tertiary/aromatic N) is 4. The Morgan fingerprint density at radius 3 is 2.39 bits per heavy atom. The normalized spacial score (nSPS) is 11.0. The van der Waals surface area contributed by atoms with Crippen molar-refractivity contribution in [2.45, 2.75) is 38.8 Å². The van der Waals surface area contributed by atoms with Gasteiger partial charge in [0.2, 0.25) is 5.91 Å². The molecule has 0 aliphatic rings. The molecule has 0 aliphatic carbocycles. The van der Waals surface area contributed by atoms with Gasteiger partial charge in [0, 0.05) is 30.8 Å². The summed E-state index contributed by atoms with van der Waals surface area (Å²) in [6.45, 7) is 7.54. The Balaban J connectivity index is 1.84. The fraction of sp³-hybridized carbons (Fsp3) is 0.348. The van der Waals surface area contributed by atoms with Gasteiger partial charge in [-0.05, 0) is 45.4 Å². The van der Waals surface area contributed by atoms with Gasteiger partial charge in [-0.25, -0.2) is 0 Å². The Hall–Kier alpha value is -2.02. The van der Waals surface area contributed by atoms with Gasteiger partial charge in [0.05, 0.1) is 15.7 Å². The number of aromatic nitrogens is 3. The van der Waals surface area contributed by atoms with E-state index in [4.69, 9.17) is 23.2 Å². The number of carbonyl (C=O) groups excluding carboxylic acids is 1. The zero-order valence-electron chi connectivity index (χ0n) is 17.9. The van der Waals surface area contributed by atoms with Crippen molar-refractivity contribution in [2.75, 3.05) is 18.8 Å². The molecule has 0 spiro atoms. The van der Waals surface area contributed by atoms with Crippen LogP contribution in [-0.4, -0.2) is 44.4 Å². The van der Waals surface area contributed by atoms with Crippen LogP contribution < -0.4 is 0 Å². The highest BCUT2D eigenvalue weighted by Crippen LogP contribution is 2.31. The second-order valence-electron chi connectivity index (χ2n) is 7.12. The molecule has 8 heteroatoms. The highest BCUT2D eigenvalue weighted by molar-refractivity contribution is 7.99. The van der Waals surface area contributed by atoms with Gasteiger partial charge in [-0.1, -0.05) is 64.8 Å². The minimum absolute atomic E-state index is 0.192. The minimum atomic E-state index is 0.192. The topological polar surface area (TPSA) is 51.0 Å². The molecule has 0 atom stereocenters. The lowest BCUT2D eigenvalue weighted by molar-refractivity contribution is -0.130. The Bertz CT molecular complexity index is 1030. The van der Waals surface area contributed by atoms with Crippen molar-refractivity contribution in [2.24, 2.45) is 0 Å². The third-order valence-electron chi connectivity index (χ3n) is 4.99. The summed E-state index contributed by atoms with van der Waals surface area (Å²) in [5, 5.41) is 10.6. The summed E-state index contributed by atoms with van der Waals surface area (Å²) >= 11 is 14.0. The first-order valence-corrected chi connectivity index (χ1v) is 12.1. The van der Waals surface area contributed by atoms with E-state index >= 15 is 0 Å². The predicted molar refractivity (Wildman–Crippen MR) is 129 cm³/mol. The first-order chi connectivity index (χ1) is 14.9. The summed E-state index contributed by atoms with van der Waals surface area (Å²) in [6, 6.07) is 13.7. The summed E-state index contributed by atoms with van der Waals surface area (Å²) in [5.74, 6) is 1.69. The molecule has 31 heavy (non-hydrogen) atoms. The molecule has 1 heterocycles. The molecule has 0 fully saturated rings.